The third-order valence-corrected chi connectivity index (χ3v) is 7.47. The SMILES string of the molecule is CN1C/C=C/CCCCN2CCCCc3cc(Cl)ccc3COc3ccc(cc32)[C@](O)(C(=O)O)CC1=O. The molecule has 0 unspecified atom stereocenters. The molecule has 7 nitrogen and oxygen atoms in total. The minimum absolute atomic E-state index is 0.168. The Kier molecular flexibility index (Phi) is 8.77. The molecule has 0 saturated carbocycles. The van der Waals surface area contributed by atoms with Crippen LogP contribution in [0, 0.1) is 0 Å². The summed E-state index contributed by atoms with van der Waals surface area (Å²) in [5.74, 6) is -1.28. The number of carboxylic acids is 1. The number of aliphatic hydroxyl groups is 1. The van der Waals surface area contributed by atoms with Gasteiger partial charge >= 0.3 is 5.97 Å². The molecule has 2 aromatic rings. The van der Waals surface area contributed by atoms with Crippen LogP contribution in [-0.2, 0) is 28.2 Å². The maximum atomic E-state index is 12.9. The monoisotopic (exact) mass is 526 g/mol. The molecule has 37 heavy (non-hydrogen) atoms. The number of fused-ring (bicyclic) bond motifs is 2. The highest BCUT2D eigenvalue weighted by atomic mass is 35.5. The molecule has 2 aliphatic heterocycles. The molecule has 2 bridgehead atoms. The molecule has 1 amide bonds. The van der Waals surface area contributed by atoms with Crippen molar-refractivity contribution < 1.29 is 24.5 Å². The number of anilines is 1. The zero-order valence-corrected chi connectivity index (χ0v) is 22.0. The first kappa shape index (κ1) is 27.0. The van der Waals surface area contributed by atoms with Crippen LogP contribution in [0.2, 0.25) is 5.02 Å². The second-order valence-electron chi connectivity index (χ2n) is 9.91. The van der Waals surface area contributed by atoms with Gasteiger partial charge in [0.05, 0.1) is 12.1 Å². The molecular formula is C29H35ClN2O5. The summed E-state index contributed by atoms with van der Waals surface area (Å²) in [4.78, 5) is 28.8. The lowest BCUT2D eigenvalue weighted by atomic mass is 9.89. The smallest absolute Gasteiger partial charge is 0.340 e. The maximum absolute atomic E-state index is 12.9. The van der Waals surface area contributed by atoms with Gasteiger partial charge in [-0.3, -0.25) is 4.79 Å². The molecule has 0 fully saturated rings. The van der Waals surface area contributed by atoms with Crippen molar-refractivity contribution in [2.45, 2.75) is 57.2 Å². The van der Waals surface area contributed by atoms with Crippen molar-refractivity contribution in [3.05, 3.63) is 70.3 Å². The molecule has 1 atom stereocenters. The molecule has 4 rings (SSSR count). The van der Waals surface area contributed by atoms with Crippen LogP contribution in [0.4, 0.5) is 5.69 Å². The van der Waals surface area contributed by atoms with E-state index in [4.69, 9.17) is 16.3 Å². The van der Waals surface area contributed by atoms with Gasteiger partial charge in [-0.25, -0.2) is 4.79 Å². The zero-order chi connectivity index (χ0) is 26.4. The van der Waals surface area contributed by atoms with Crippen LogP contribution in [0.1, 0.15) is 55.2 Å². The van der Waals surface area contributed by atoms with Gasteiger partial charge in [0.15, 0.2) is 5.60 Å². The van der Waals surface area contributed by atoms with Gasteiger partial charge in [0, 0.05) is 31.7 Å². The number of hydrogen-bond donors (Lipinski definition) is 2. The molecule has 8 heteroatoms. The summed E-state index contributed by atoms with van der Waals surface area (Å²) in [5, 5.41) is 22.1. The van der Waals surface area contributed by atoms with Crippen LogP contribution < -0.4 is 9.64 Å². The van der Waals surface area contributed by atoms with E-state index in [2.05, 4.69) is 11.0 Å². The number of amides is 1. The van der Waals surface area contributed by atoms with Crippen molar-refractivity contribution >= 4 is 29.2 Å². The van der Waals surface area contributed by atoms with Crippen molar-refractivity contribution in [1.82, 2.24) is 4.90 Å². The second-order valence-corrected chi connectivity index (χ2v) is 10.3. The Morgan fingerprint density at radius 2 is 1.81 bits per heavy atom. The van der Waals surface area contributed by atoms with Crippen molar-refractivity contribution in [1.29, 1.82) is 0 Å². The Balaban J connectivity index is 1.77. The molecule has 2 aliphatic rings. The summed E-state index contributed by atoms with van der Waals surface area (Å²) >= 11 is 6.26. The third-order valence-electron chi connectivity index (χ3n) is 7.23. The summed E-state index contributed by atoms with van der Waals surface area (Å²) in [5.41, 5.74) is 0.783. The normalized spacial score (nSPS) is 22.5. The zero-order valence-electron chi connectivity index (χ0n) is 21.3. The largest absolute Gasteiger partial charge is 0.487 e. The van der Waals surface area contributed by atoms with Crippen molar-refractivity contribution in [2.75, 3.05) is 31.6 Å². The Bertz CT molecular complexity index is 1170. The Morgan fingerprint density at radius 1 is 1.03 bits per heavy atom. The number of aliphatic carboxylic acids is 1. The third kappa shape index (κ3) is 6.46. The average Bonchev–Trinajstić information content (AvgIpc) is 2.90. The van der Waals surface area contributed by atoms with Crippen molar-refractivity contribution in [3.63, 3.8) is 0 Å². The van der Waals surface area contributed by atoms with E-state index in [1.54, 1.807) is 25.2 Å². The molecule has 198 valence electrons. The minimum Gasteiger partial charge on any atom is -0.487 e. The highest BCUT2D eigenvalue weighted by Crippen LogP contribution is 2.37. The number of halogens is 1. The summed E-state index contributed by atoms with van der Waals surface area (Å²) < 4.78 is 6.30. The summed E-state index contributed by atoms with van der Waals surface area (Å²) in [6, 6.07) is 10.8. The Hall–Kier alpha value is -3.03. The molecule has 0 spiro atoms. The fourth-order valence-electron chi connectivity index (χ4n) is 4.91. The number of carbonyl (C=O) groups is 2. The lowest BCUT2D eigenvalue weighted by Crippen LogP contribution is -2.42. The predicted molar refractivity (Wildman–Crippen MR) is 144 cm³/mol. The van der Waals surface area contributed by atoms with Crippen LogP contribution in [0.3, 0.4) is 0 Å². The van der Waals surface area contributed by atoms with E-state index in [1.807, 2.05) is 24.3 Å². The second kappa shape index (κ2) is 12.0. The van der Waals surface area contributed by atoms with E-state index in [9.17, 15) is 19.8 Å². The number of ether oxygens (including phenoxy) is 1. The van der Waals surface area contributed by atoms with Crippen molar-refractivity contribution in [3.8, 4) is 5.75 Å². The lowest BCUT2D eigenvalue weighted by Gasteiger charge is -2.30. The molecule has 2 N–H and O–H groups in total. The highest BCUT2D eigenvalue weighted by molar-refractivity contribution is 6.30. The molecule has 0 saturated heterocycles. The van der Waals surface area contributed by atoms with Crippen LogP contribution in [0.5, 0.6) is 5.75 Å². The van der Waals surface area contributed by atoms with E-state index in [0.29, 0.717) is 23.9 Å². The number of allylic oxidation sites excluding steroid dienone is 1. The van der Waals surface area contributed by atoms with Gasteiger partial charge in [-0.05, 0) is 79.5 Å². The molecule has 0 aromatic heterocycles. The number of carbonyl (C=O) groups excluding carboxylic acids is 1. The number of aryl methyl sites for hydroxylation is 1. The maximum Gasteiger partial charge on any atom is 0.340 e. The first-order valence-corrected chi connectivity index (χ1v) is 13.3. The van der Waals surface area contributed by atoms with Crippen LogP contribution >= 0.6 is 11.6 Å². The number of rotatable bonds is 1. The Labute approximate surface area is 223 Å². The van der Waals surface area contributed by atoms with E-state index < -0.39 is 23.9 Å². The van der Waals surface area contributed by atoms with Gasteiger partial charge in [0.2, 0.25) is 5.91 Å². The van der Waals surface area contributed by atoms with E-state index in [0.717, 1.165) is 62.9 Å². The van der Waals surface area contributed by atoms with Gasteiger partial charge < -0.3 is 24.7 Å². The number of carboxylic acid groups (broad SMARTS) is 1. The molecule has 2 heterocycles. The lowest BCUT2D eigenvalue weighted by molar-refractivity contribution is -0.164. The quantitative estimate of drug-likeness (QED) is 0.512. The van der Waals surface area contributed by atoms with Crippen molar-refractivity contribution in [2.24, 2.45) is 0 Å². The number of hydrogen-bond acceptors (Lipinski definition) is 5. The van der Waals surface area contributed by atoms with Gasteiger partial charge in [-0.2, -0.15) is 0 Å². The fraction of sp³-hybridized carbons (Fsp3) is 0.448. The summed E-state index contributed by atoms with van der Waals surface area (Å²) in [7, 11) is 1.61. The molecule has 0 radical (unpaired) electrons. The van der Waals surface area contributed by atoms with Crippen LogP contribution in [0.25, 0.3) is 0 Å². The topological polar surface area (TPSA) is 90.3 Å². The van der Waals surface area contributed by atoms with E-state index in [1.165, 1.54) is 10.5 Å². The van der Waals surface area contributed by atoms with E-state index >= 15 is 0 Å². The average molecular weight is 527 g/mol. The van der Waals surface area contributed by atoms with Gasteiger partial charge in [-0.15, -0.1) is 0 Å². The Morgan fingerprint density at radius 3 is 2.59 bits per heavy atom. The van der Waals surface area contributed by atoms with Gasteiger partial charge in [0.1, 0.15) is 12.4 Å². The van der Waals surface area contributed by atoms with E-state index in [-0.39, 0.29) is 5.56 Å². The first-order chi connectivity index (χ1) is 17.8. The summed E-state index contributed by atoms with van der Waals surface area (Å²) in [6.45, 7) is 2.25. The highest BCUT2D eigenvalue weighted by Gasteiger charge is 2.42. The molecule has 2 aromatic carbocycles. The first-order valence-electron chi connectivity index (χ1n) is 12.9. The number of benzene rings is 2. The van der Waals surface area contributed by atoms with Gasteiger partial charge in [0.25, 0.3) is 0 Å². The van der Waals surface area contributed by atoms with Crippen LogP contribution in [0.15, 0.2) is 48.6 Å². The standard InChI is InChI=1S/C29H35ClN2O5/c1-31-14-6-3-2-4-7-15-32-16-8-5-9-21-17-24(30)12-10-22(21)20-37-26-13-11-23(18-25(26)32)29(36,28(34)35)19-27(31)33/h3,6,10-13,17-18,36H,2,4-5,7-9,14-16,19-20H2,1H3,(H,34,35)/b6-3+/t29-/m0/s1. The predicted octanol–water partition coefficient (Wildman–Crippen LogP) is 4.92. The molecular weight excluding hydrogens is 492 g/mol. The minimum atomic E-state index is -2.36. The number of likely N-dealkylation sites (N-methyl/N-ethyl adjacent to an activating group) is 1. The summed E-state index contributed by atoms with van der Waals surface area (Å²) in [6.07, 6.45) is 9.05. The molecule has 0 aliphatic carbocycles. The van der Waals surface area contributed by atoms with Gasteiger partial charge in [-0.1, -0.05) is 35.9 Å². The number of nitrogens with zero attached hydrogens (tertiary/aromatic N) is 2. The van der Waals surface area contributed by atoms with Crippen LogP contribution in [-0.4, -0.2) is 53.7 Å². The fourth-order valence-corrected chi connectivity index (χ4v) is 5.11.